The van der Waals surface area contributed by atoms with E-state index in [1.807, 2.05) is 0 Å². The third-order valence-corrected chi connectivity index (χ3v) is 1.84. The van der Waals surface area contributed by atoms with Crippen molar-refractivity contribution in [3.63, 3.8) is 0 Å². The third-order valence-electron chi connectivity index (χ3n) is 1.84. The Balaban J connectivity index is 2.59. The normalized spacial score (nSPS) is 9.86. The van der Waals surface area contributed by atoms with Crippen LogP contribution in [0.1, 0.15) is 23.8 Å². The molecule has 0 unspecified atom stereocenters. The Hall–Kier alpha value is -1.58. The lowest BCUT2D eigenvalue weighted by atomic mass is 10.2. The van der Waals surface area contributed by atoms with E-state index in [4.69, 9.17) is 0 Å². The molecule has 4 heteroatoms. The van der Waals surface area contributed by atoms with Crippen molar-refractivity contribution in [2.45, 2.75) is 13.3 Å². The van der Waals surface area contributed by atoms with Crippen molar-refractivity contribution in [1.82, 2.24) is 4.57 Å². The molecular weight excluding hydrogens is 182 g/mol. The monoisotopic (exact) mass is 195 g/mol. The molecule has 1 aromatic rings. The van der Waals surface area contributed by atoms with E-state index >= 15 is 0 Å². The van der Waals surface area contributed by atoms with Gasteiger partial charge in [-0.15, -0.1) is 0 Å². The molecule has 0 amide bonds. The zero-order valence-corrected chi connectivity index (χ0v) is 8.32. The summed E-state index contributed by atoms with van der Waals surface area (Å²) in [4.78, 5) is 22.5. The molecule has 0 fully saturated rings. The fourth-order valence-electron chi connectivity index (χ4n) is 1.18. The van der Waals surface area contributed by atoms with Gasteiger partial charge >= 0.3 is 5.97 Å². The zero-order valence-electron chi connectivity index (χ0n) is 8.32. The van der Waals surface area contributed by atoms with Gasteiger partial charge in [-0.1, -0.05) is 0 Å². The molecule has 0 saturated carbocycles. The highest BCUT2D eigenvalue weighted by molar-refractivity contribution is 6.05. The predicted octanol–water partition coefficient (Wildman–Crippen LogP) is 1.16. The minimum absolute atomic E-state index is 0.189. The van der Waals surface area contributed by atoms with Gasteiger partial charge in [0.15, 0.2) is 5.78 Å². The number of nitrogens with zero attached hydrogens (tertiary/aromatic N) is 1. The molecule has 76 valence electrons. The topological polar surface area (TPSA) is 48.3 Å². The van der Waals surface area contributed by atoms with Crippen LogP contribution < -0.4 is 0 Å². The molecule has 4 nitrogen and oxygen atoms in total. The number of aryl methyl sites for hydroxylation is 1. The number of carbonyl (C=O) groups is 2. The number of esters is 1. The Morgan fingerprint density at radius 1 is 1.50 bits per heavy atom. The smallest absolute Gasteiger partial charge is 0.313 e. The third kappa shape index (κ3) is 2.45. The lowest BCUT2D eigenvalue weighted by molar-refractivity contribution is -0.141. The molecule has 1 rings (SSSR count). The summed E-state index contributed by atoms with van der Waals surface area (Å²) in [6.45, 7) is 2.02. The van der Waals surface area contributed by atoms with Gasteiger partial charge in [0.25, 0.3) is 0 Å². The maximum atomic E-state index is 11.5. The highest BCUT2D eigenvalue weighted by Gasteiger charge is 2.14. The van der Waals surface area contributed by atoms with E-state index in [2.05, 4.69) is 4.74 Å². The van der Waals surface area contributed by atoms with Crippen LogP contribution in [0.25, 0.3) is 0 Å². The summed E-state index contributed by atoms with van der Waals surface area (Å²) >= 11 is 0. The van der Waals surface area contributed by atoms with Gasteiger partial charge in [-0.2, -0.15) is 0 Å². The molecule has 0 radical (unpaired) electrons. The van der Waals surface area contributed by atoms with Gasteiger partial charge in [-0.25, -0.2) is 0 Å². The van der Waals surface area contributed by atoms with Crippen LogP contribution in [-0.2, 0) is 16.6 Å². The van der Waals surface area contributed by atoms with Gasteiger partial charge in [-0.05, 0) is 19.1 Å². The second-order valence-electron chi connectivity index (χ2n) is 2.91. The molecule has 0 atom stereocenters. The molecule has 1 aromatic heterocycles. The maximum Gasteiger partial charge on any atom is 0.313 e. The van der Waals surface area contributed by atoms with Crippen molar-refractivity contribution in [3.05, 3.63) is 24.0 Å². The second kappa shape index (κ2) is 4.60. The summed E-state index contributed by atoms with van der Waals surface area (Å²) in [6.07, 6.45) is 1.57. The number of ether oxygens (including phenoxy) is 1. The van der Waals surface area contributed by atoms with Gasteiger partial charge in [0.05, 0.1) is 12.3 Å². The van der Waals surface area contributed by atoms with Gasteiger partial charge in [0, 0.05) is 13.2 Å². The Morgan fingerprint density at radius 2 is 2.21 bits per heavy atom. The van der Waals surface area contributed by atoms with E-state index < -0.39 is 5.97 Å². The molecule has 0 N–H and O–H groups in total. The molecule has 1 heterocycles. The number of ketones is 1. The van der Waals surface area contributed by atoms with E-state index in [1.54, 1.807) is 36.9 Å². The fraction of sp³-hybridized carbons (Fsp3) is 0.400. The van der Waals surface area contributed by atoms with Gasteiger partial charge in [0.2, 0.25) is 0 Å². The number of carbonyl (C=O) groups excluding carboxylic acids is 2. The first-order chi connectivity index (χ1) is 6.65. The maximum absolute atomic E-state index is 11.5. The summed E-state index contributed by atoms with van der Waals surface area (Å²) in [5.74, 6) is -0.686. The summed E-state index contributed by atoms with van der Waals surface area (Å²) < 4.78 is 6.36. The molecule has 0 spiro atoms. The first-order valence-corrected chi connectivity index (χ1v) is 4.45. The summed E-state index contributed by atoms with van der Waals surface area (Å²) in [6, 6.07) is 3.44. The predicted molar refractivity (Wildman–Crippen MR) is 51.0 cm³/mol. The lowest BCUT2D eigenvalue weighted by Crippen LogP contribution is -2.13. The highest BCUT2D eigenvalue weighted by Crippen LogP contribution is 2.04. The molecule has 14 heavy (non-hydrogen) atoms. The van der Waals surface area contributed by atoms with Crippen LogP contribution in [0.15, 0.2) is 18.3 Å². The summed E-state index contributed by atoms with van der Waals surface area (Å²) in [5.41, 5.74) is 0.526. The van der Waals surface area contributed by atoms with Crippen LogP contribution in [0, 0.1) is 0 Å². The van der Waals surface area contributed by atoms with Crippen molar-refractivity contribution in [1.29, 1.82) is 0 Å². The molecule has 0 aliphatic heterocycles. The summed E-state index contributed by atoms with van der Waals surface area (Å²) in [5, 5.41) is 0. The average Bonchev–Trinajstić information content (AvgIpc) is 2.51. The van der Waals surface area contributed by atoms with Crippen molar-refractivity contribution in [2.24, 2.45) is 7.05 Å². The van der Waals surface area contributed by atoms with Gasteiger partial charge in [-0.3, -0.25) is 9.59 Å². The SMILES string of the molecule is CCOC(=O)CC(=O)c1cccn1C. The molecule has 0 saturated heterocycles. The van der Waals surface area contributed by atoms with Crippen LogP contribution in [0.2, 0.25) is 0 Å². The molecule has 0 bridgehead atoms. The molecule has 0 aliphatic carbocycles. The van der Waals surface area contributed by atoms with E-state index in [9.17, 15) is 9.59 Å². The fourth-order valence-corrected chi connectivity index (χ4v) is 1.18. The summed E-state index contributed by atoms with van der Waals surface area (Å²) in [7, 11) is 1.76. The van der Waals surface area contributed by atoms with E-state index in [0.29, 0.717) is 12.3 Å². The van der Waals surface area contributed by atoms with E-state index in [-0.39, 0.29) is 12.2 Å². The standard InChI is InChI=1S/C10H13NO3/c1-3-14-10(13)7-9(12)8-5-4-6-11(8)2/h4-6H,3,7H2,1-2H3. The minimum atomic E-state index is -0.473. The van der Waals surface area contributed by atoms with Gasteiger partial charge in [0.1, 0.15) is 6.42 Å². The Morgan fingerprint density at radius 3 is 2.71 bits per heavy atom. The molecule has 0 aliphatic rings. The van der Waals surface area contributed by atoms with Crippen LogP contribution in [-0.4, -0.2) is 22.9 Å². The van der Waals surface area contributed by atoms with Crippen LogP contribution in [0.3, 0.4) is 0 Å². The first-order valence-electron chi connectivity index (χ1n) is 4.45. The zero-order chi connectivity index (χ0) is 10.6. The Labute approximate surface area is 82.5 Å². The lowest BCUT2D eigenvalue weighted by Gasteiger charge is -2.02. The molecule has 0 aromatic carbocycles. The van der Waals surface area contributed by atoms with Crippen molar-refractivity contribution < 1.29 is 14.3 Å². The van der Waals surface area contributed by atoms with Crippen molar-refractivity contribution in [2.75, 3.05) is 6.61 Å². The van der Waals surface area contributed by atoms with E-state index in [1.165, 1.54) is 0 Å². The largest absolute Gasteiger partial charge is 0.466 e. The van der Waals surface area contributed by atoms with Crippen LogP contribution in [0.4, 0.5) is 0 Å². The van der Waals surface area contributed by atoms with Crippen LogP contribution >= 0.6 is 0 Å². The number of Topliss-reactive ketones (excluding diaryl/α,β-unsaturated/α-hetero) is 1. The van der Waals surface area contributed by atoms with E-state index in [0.717, 1.165) is 0 Å². The highest BCUT2D eigenvalue weighted by atomic mass is 16.5. The Bertz CT molecular complexity index is 341. The number of aromatic nitrogens is 1. The average molecular weight is 195 g/mol. The number of hydrogen-bond donors (Lipinski definition) is 0. The number of hydrogen-bond acceptors (Lipinski definition) is 3. The van der Waals surface area contributed by atoms with Crippen molar-refractivity contribution >= 4 is 11.8 Å². The Kier molecular flexibility index (Phi) is 3.45. The van der Waals surface area contributed by atoms with Gasteiger partial charge < -0.3 is 9.30 Å². The molecular formula is C10H13NO3. The minimum Gasteiger partial charge on any atom is -0.466 e. The van der Waals surface area contributed by atoms with Crippen molar-refractivity contribution in [3.8, 4) is 0 Å². The number of rotatable bonds is 4. The first kappa shape index (κ1) is 10.5. The quantitative estimate of drug-likeness (QED) is 0.411. The second-order valence-corrected chi connectivity index (χ2v) is 2.91. The van der Waals surface area contributed by atoms with Crippen LogP contribution in [0.5, 0.6) is 0 Å².